The Bertz CT molecular complexity index is 1440. The molecule has 0 bridgehead atoms. The molecule has 4 N–H and O–H groups in total. The highest BCUT2D eigenvalue weighted by Gasteiger charge is 2.41. The van der Waals surface area contributed by atoms with E-state index in [1.54, 1.807) is 26.0 Å². The van der Waals surface area contributed by atoms with Crippen LogP contribution in [0.1, 0.15) is 59.9 Å². The zero-order chi connectivity index (χ0) is 30.1. The fourth-order valence-electron chi connectivity index (χ4n) is 5.77. The second-order valence-electron chi connectivity index (χ2n) is 11.5. The molecule has 0 radical (unpaired) electrons. The van der Waals surface area contributed by atoms with Crippen LogP contribution in [0.5, 0.6) is 5.75 Å². The number of aliphatic hydroxyl groups excluding tert-OH is 1. The Morgan fingerprint density at radius 3 is 2.43 bits per heavy atom. The molecule has 0 spiro atoms. The van der Waals surface area contributed by atoms with Gasteiger partial charge >= 0.3 is 0 Å². The Hall–Kier alpha value is -4.25. The molecule has 1 fully saturated rings. The summed E-state index contributed by atoms with van der Waals surface area (Å²) in [6.07, 6.45) is 0.386. The van der Waals surface area contributed by atoms with E-state index in [-0.39, 0.29) is 49.1 Å². The molecule has 222 valence electrons. The molecule has 0 aromatic heterocycles. The van der Waals surface area contributed by atoms with Gasteiger partial charge in [-0.2, -0.15) is 0 Å². The molecule has 42 heavy (non-hydrogen) atoms. The van der Waals surface area contributed by atoms with E-state index in [2.05, 4.69) is 16.0 Å². The van der Waals surface area contributed by atoms with Crippen LogP contribution in [0.4, 0.5) is 0 Å². The molecule has 4 amide bonds. The monoisotopic (exact) mass is 576 g/mol. The summed E-state index contributed by atoms with van der Waals surface area (Å²) in [4.78, 5) is 66.5. The van der Waals surface area contributed by atoms with Gasteiger partial charge in [-0.25, -0.2) is 0 Å². The molecular formula is C31H36N4O7. The van der Waals surface area contributed by atoms with Gasteiger partial charge in [-0.1, -0.05) is 38.1 Å². The quantitative estimate of drug-likeness (QED) is 0.419. The van der Waals surface area contributed by atoms with Crippen molar-refractivity contribution in [1.29, 1.82) is 0 Å². The van der Waals surface area contributed by atoms with Crippen molar-refractivity contribution in [2.45, 2.75) is 64.3 Å². The summed E-state index contributed by atoms with van der Waals surface area (Å²) < 4.78 is 5.93. The van der Waals surface area contributed by atoms with Crippen LogP contribution in [-0.2, 0) is 20.8 Å². The second-order valence-corrected chi connectivity index (χ2v) is 11.5. The number of ketones is 1. The Morgan fingerprint density at radius 2 is 1.67 bits per heavy atom. The Kier molecular flexibility index (Phi) is 8.31. The van der Waals surface area contributed by atoms with Gasteiger partial charge in [0, 0.05) is 24.9 Å². The first-order chi connectivity index (χ1) is 20.0. The van der Waals surface area contributed by atoms with Crippen LogP contribution in [0.25, 0.3) is 11.1 Å². The summed E-state index contributed by atoms with van der Waals surface area (Å²) in [6, 6.07) is 7.96. The molecule has 2 heterocycles. The largest absolute Gasteiger partial charge is 0.491 e. The molecule has 2 aromatic carbocycles. The number of nitrogens with one attached hydrogen (secondary N) is 3. The highest BCUT2D eigenvalue weighted by atomic mass is 16.5. The van der Waals surface area contributed by atoms with Crippen LogP contribution in [0, 0.1) is 5.92 Å². The average Bonchev–Trinajstić information content (AvgIpc) is 3.54. The number of nitrogens with zero attached hydrogens (tertiary/aromatic N) is 1. The van der Waals surface area contributed by atoms with Gasteiger partial charge in [-0.05, 0) is 48.1 Å². The molecule has 1 aliphatic carbocycles. The zero-order valence-corrected chi connectivity index (χ0v) is 23.9. The van der Waals surface area contributed by atoms with Crippen LogP contribution in [0.15, 0.2) is 36.4 Å². The summed E-state index contributed by atoms with van der Waals surface area (Å²) in [5, 5.41) is 18.4. The van der Waals surface area contributed by atoms with Crippen molar-refractivity contribution in [3.8, 4) is 16.9 Å². The number of hydrogen-bond acceptors (Lipinski definition) is 7. The molecule has 11 heteroatoms. The van der Waals surface area contributed by atoms with Crippen LogP contribution < -0.4 is 20.7 Å². The number of amides is 4. The third-order valence-corrected chi connectivity index (χ3v) is 8.07. The van der Waals surface area contributed by atoms with E-state index in [4.69, 9.17) is 4.74 Å². The van der Waals surface area contributed by atoms with Crippen LogP contribution >= 0.6 is 0 Å². The number of ether oxygens (including phenoxy) is 1. The number of fused-ring (bicyclic) bond motifs is 3. The maximum absolute atomic E-state index is 13.7. The average molecular weight is 577 g/mol. The van der Waals surface area contributed by atoms with Crippen molar-refractivity contribution < 1.29 is 33.8 Å². The van der Waals surface area contributed by atoms with Gasteiger partial charge in [-0.3, -0.25) is 24.0 Å². The molecule has 0 unspecified atom stereocenters. The molecule has 5 rings (SSSR count). The van der Waals surface area contributed by atoms with E-state index in [1.165, 1.54) is 11.8 Å². The zero-order valence-electron chi connectivity index (χ0n) is 23.9. The van der Waals surface area contributed by atoms with Crippen molar-refractivity contribution in [2.75, 3.05) is 19.7 Å². The minimum Gasteiger partial charge on any atom is -0.491 e. The number of aliphatic hydroxyl groups is 1. The second kappa shape index (κ2) is 11.9. The van der Waals surface area contributed by atoms with E-state index >= 15 is 0 Å². The molecule has 4 atom stereocenters. The standard InChI is InChI=1S/C31H36N4O7/c1-16(2)27-30(40)33-17(3)31(41)35-15-21(36)14-24(35)29(39)32-10-11-42-26-9-6-19(13-23(26)28(38)34-27)18-4-7-22-20(12-18)5-8-25(22)37/h4,6-7,9,12-13,16-17,21,24,27,36H,5,8,10-11,14-15H2,1-3H3,(H,32,39)(H,33,40)(H,34,38)/t17-,21+,24+,27+/m1/s1. The van der Waals surface area contributed by atoms with Crippen LogP contribution in [0.2, 0.25) is 0 Å². The number of aryl methyl sites for hydroxylation is 1. The smallest absolute Gasteiger partial charge is 0.255 e. The first-order valence-corrected chi connectivity index (χ1v) is 14.3. The van der Waals surface area contributed by atoms with Gasteiger partial charge in [0.1, 0.15) is 30.5 Å². The fraction of sp³-hybridized carbons (Fsp3) is 0.452. The predicted molar refractivity (Wildman–Crippen MR) is 153 cm³/mol. The molecule has 1 saturated heterocycles. The van der Waals surface area contributed by atoms with Crippen LogP contribution in [0.3, 0.4) is 0 Å². The predicted octanol–water partition coefficient (Wildman–Crippen LogP) is 1.21. The Morgan fingerprint density at radius 1 is 0.929 bits per heavy atom. The van der Waals surface area contributed by atoms with E-state index < -0.39 is 47.9 Å². The maximum Gasteiger partial charge on any atom is 0.255 e. The number of Topliss-reactive ketones (excluding diaryl/α,β-unsaturated/α-hetero) is 1. The topological polar surface area (TPSA) is 154 Å². The highest BCUT2D eigenvalue weighted by molar-refractivity contribution is 6.02. The van der Waals surface area contributed by atoms with Gasteiger partial charge < -0.3 is 30.7 Å². The summed E-state index contributed by atoms with van der Waals surface area (Å²) in [7, 11) is 0. The third-order valence-electron chi connectivity index (χ3n) is 8.07. The summed E-state index contributed by atoms with van der Waals surface area (Å²) in [5.41, 5.74) is 3.47. The molecular weight excluding hydrogens is 540 g/mol. The number of carbonyl (C=O) groups excluding carboxylic acids is 5. The number of rotatable bonds is 2. The van der Waals surface area contributed by atoms with Gasteiger partial charge in [0.05, 0.1) is 18.2 Å². The molecule has 0 saturated carbocycles. The summed E-state index contributed by atoms with van der Waals surface area (Å²) in [5.74, 6) is -1.93. The van der Waals surface area contributed by atoms with Gasteiger partial charge in [0.15, 0.2) is 5.78 Å². The lowest BCUT2D eigenvalue weighted by atomic mass is 9.97. The van der Waals surface area contributed by atoms with Gasteiger partial charge in [0.2, 0.25) is 17.7 Å². The lowest BCUT2D eigenvalue weighted by Crippen LogP contribution is -2.57. The van der Waals surface area contributed by atoms with Crippen molar-refractivity contribution in [2.24, 2.45) is 5.92 Å². The van der Waals surface area contributed by atoms with Gasteiger partial charge in [0.25, 0.3) is 5.91 Å². The first-order valence-electron chi connectivity index (χ1n) is 14.3. The summed E-state index contributed by atoms with van der Waals surface area (Å²) >= 11 is 0. The molecule has 3 aliphatic rings. The maximum atomic E-state index is 13.7. The highest BCUT2D eigenvalue weighted by Crippen LogP contribution is 2.31. The van der Waals surface area contributed by atoms with Crippen molar-refractivity contribution in [3.05, 3.63) is 53.1 Å². The summed E-state index contributed by atoms with van der Waals surface area (Å²) in [6.45, 7) is 5.21. The lowest BCUT2D eigenvalue weighted by Gasteiger charge is -2.29. The SMILES string of the molecule is CC(C)[C@@H]1NC(=O)c2cc(-c3ccc4c(c3)CCC4=O)ccc2OCCNC(=O)[C@@H]2C[C@H](O)CN2C(=O)[C@@H](C)NC1=O. The van der Waals surface area contributed by atoms with E-state index in [9.17, 15) is 29.1 Å². The Balaban J connectivity index is 1.47. The van der Waals surface area contributed by atoms with Gasteiger partial charge in [-0.15, -0.1) is 0 Å². The third kappa shape index (κ3) is 5.87. The molecule has 11 nitrogen and oxygen atoms in total. The Labute approximate surface area is 244 Å². The lowest BCUT2D eigenvalue weighted by molar-refractivity contribution is -0.141. The van der Waals surface area contributed by atoms with Crippen molar-refractivity contribution in [3.63, 3.8) is 0 Å². The van der Waals surface area contributed by atoms with E-state index in [0.717, 1.165) is 22.3 Å². The van der Waals surface area contributed by atoms with Crippen LogP contribution in [-0.4, -0.2) is 83.3 Å². The van der Waals surface area contributed by atoms with E-state index in [1.807, 2.05) is 24.3 Å². The van der Waals surface area contributed by atoms with Crippen molar-refractivity contribution in [1.82, 2.24) is 20.9 Å². The number of benzene rings is 2. The van der Waals surface area contributed by atoms with Crippen molar-refractivity contribution >= 4 is 29.4 Å². The fourth-order valence-corrected chi connectivity index (χ4v) is 5.77. The molecule has 2 aromatic rings. The number of hydrogen-bond donors (Lipinski definition) is 4. The first kappa shape index (κ1) is 29.2. The minimum absolute atomic E-state index is 0.0196. The van der Waals surface area contributed by atoms with E-state index in [0.29, 0.717) is 12.8 Å². The number of carbonyl (C=O) groups is 5. The normalized spacial score (nSPS) is 25.3. The molecule has 2 aliphatic heterocycles. The minimum atomic E-state index is -0.988.